The molecule has 0 aromatic carbocycles. The van der Waals surface area contributed by atoms with Crippen molar-refractivity contribution >= 4 is 11.8 Å². The van der Waals surface area contributed by atoms with E-state index < -0.39 is 0 Å². The van der Waals surface area contributed by atoms with Gasteiger partial charge in [0.25, 0.3) is 0 Å². The number of nitrogens with zero attached hydrogens (tertiary/aromatic N) is 3. The Bertz CT molecular complexity index is 398. The van der Waals surface area contributed by atoms with E-state index in [1.807, 2.05) is 18.2 Å². The first kappa shape index (κ1) is 14.6. The quantitative estimate of drug-likeness (QED) is 0.474. The number of anilines is 1. The molecule has 5 heteroatoms. The van der Waals surface area contributed by atoms with Crippen molar-refractivity contribution in [3.05, 3.63) is 24.4 Å². The Kier molecular flexibility index (Phi) is 6.14. The third-order valence-electron chi connectivity index (χ3n) is 3.51. The number of pyridine rings is 1. The van der Waals surface area contributed by atoms with Gasteiger partial charge in [0.1, 0.15) is 5.82 Å². The SMILES string of the molecule is NC(=NCCCCNc1ccccn1)N1CCCCC1. The van der Waals surface area contributed by atoms with E-state index in [1.165, 1.54) is 19.3 Å². The molecule has 1 saturated heterocycles. The fraction of sp³-hybridized carbons (Fsp3) is 0.600. The topological polar surface area (TPSA) is 66.5 Å². The Hall–Kier alpha value is -1.78. The summed E-state index contributed by atoms with van der Waals surface area (Å²) in [5, 5.41) is 3.29. The zero-order chi connectivity index (χ0) is 14.0. The predicted octanol–water partition coefficient (Wildman–Crippen LogP) is 2.07. The van der Waals surface area contributed by atoms with Crippen LogP contribution in [0, 0.1) is 0 Å². The molecule has 0 amide bonds. The van der Waals surface area contributed by atoms with Gasteiger partial charge in [-0.2, -0.15) is 0 Å². The summed E-state index contributed by atoms with van der Waals surface area (Å²) in [6, 6.07) is 5.88. The molecule has 0 saturated carbocycles. The largest absolute Gasteiger partial charge is 0.370 e. The van der Waals surface area contributed by atoms with E-state index in [9.17, 15) is 0 Å². The summed E-state index contributed by atoms with van der Waals surface area (Å²) >= 11 is 0. The van der Waals surface area contributed by atoms with Crippen molar-refractivity contribution < 1.29 is 0 Å². The average molecular weight is 275 g/mol. The number of hydrogen-bond acceptors (Lipinski definition) is 3. The number of nitrogens with one attached hydrogen (secondary N) is 1. The van der Waals surface area contributed by atoms with Gasteiger partial charge < -0.3 is 16.0 Å². The van der Waals surface area contributed by atoms with E-state index in [-0.39, 0.29) is 0 Å². The predicted molar refractivity (Wildman–Crippen MR) is 83.9 cm³/mol. The number of piperidine rings is 1. The normalized spacial score (nSPS) is 16.2. The monoisotopic (exact) mass is 275 g/mol. The molecule has 0 radical (unpaired) electrons. The number of unbranched alkanes of at least 4 members (excludes halogenated alkanes) is 1. The van der Waals surface area contributed by atoms with Crippen LogP contribution in [0.5, 0.6) is 0 Å². The first-order valence-electron chi connectivity index (χ1n) is 7.56. The Morgan fingerprint density at radius 3 is 2.85 bits per heavy atom. The Labute approximate surface area is 121 Å². The third kappa shape index (κ3) is 5.07. The molecule has 5 nitrogen and oxygen atoms in total. The van der Waals surface area contributed by atoms with Crippen LogP contribution in [-0.4, -0.2) is 42.0 Å². The van der Waals surface area contributed by atoms with Gasteiger partial charge in [-0.1, -0.05) is 6.07 Å². The van der Waals surface area contributed by atoms with Crippen molar-refractivity contribution in [3.63, 3.8) is 0 Å². The molecule has 3 N–H and O–H groups in total. The second kappa shape index (κ2) is 8.40. The number of likely N-dealkylation sites (tertiary alicyclic amines) is 1. The fourth-order valence-corrected chi connectivity index (χ4v) is 2.34. The summed E-state index contributed by atoms with van der Waals surface area (Å²) in [6.45, 7) is 3.87. The van der Waals surface area contributed by atoms with E-state index in [1.54, 1.807) is 6.20 Å². The highest BCUT2D eigenvalue weighted by Crippen LogP contribution is 2.08. The minimum absolute atomic E-state index is 0.724. The van der Waals surface area contributed by atoms with Crippen LogP contribution < -0.4 is 11.1 Å². The molecule has 1 aliphatic rings. The first-order chi connectivity index (χ1) is 9.86. The highest BCUT2D eigenvalue weighted by molar-refractivity contribution is 5.78. The van der Waals surface area contributed by atoms with E-state index in [0.29, 0.717) is 0 Å². The summed E-state index contributed by atoms with van der Waals surface area (Å²) in [4.78, 5) is 10.9. The number of aliphatic imine (C=N–C) groups is 1. The van der Waals surface area contributed by atoms with Crippen LogP contribution in [0.3, 0.4) is 0 Å². The lowest BCUT2D eigenvalue weighted by molar-refractivity contribution is 0.338. The van der Waals surface area contributed by atoms with Gasteiger partial charge in [0, 0.05) is 32.4 Å². The van der Waals surface area contributed by atoms with Crippen molar-refractivity contribution in [1.29, 1.82) is 0 Å². The zero-order valence-electron chi connectivity index (χ0n) is 12.1. The minimum Gasteiger partial charge on any atom is -0.370 e. The van der Waals surface area contributed by atoms with Crippen LogP contribution in [0.15, 0.2) is 29.4 Å². The van der Waals surface area contributed by atoms with Gasteiger partial charge in [0.05, 0.1) is 0 Å². The molecule has 2 rings (SSSR count). The summed E-state index contributed by atoms with van der Waals surface area (Å²) < 4.78 is 0. The maximum absolute atomic E-state index is 6.00. The lowest BCUT2D eigenvalue weighted by atomic mass is 10.1. The van der Waals surface area contributed by atoms with Crippen molar-refractivity contribution in [1.82, 2.24) is 9.88 Å². The molecule has 0 atom stereocenters. The second-order valence-electron chi connectivity index (χ2n) is 5.14. The lowest BCUT2D eigenvalue weighted by Gasteiger charge is -2.27. The van der Waals surface area contributed by atoms with Gasteiger partial charge >= 0.3 is 0 Å². The van der Waals surface area contributed by atoms with Gasteiger partial charge in [-0.25, -0.2) is 4.98 Å². The van der Waals surface area contributed by atoms with E-state index in [4.69, 9.17) is 5.73 Å². The lowest BCUT2D eigenvalue weighted by Crippen LogP contribution is -2.40. The molecule has 0 unspecified atom stereocenters. The molecule has 0 spiro atoms. The van der Waals surface area contributed by atoms with Crippen molar-refractivity contribution in [2.45, 2.75) is 32.1 Å². The second-order valence-corrected chi connectivity index (χ2v) is 5.14. The van der Waals surface area contributed by atoms with Gasteiger partial charge in [-0.3, -0.25) is 4.99 Å². The van der Waals surface area contributed by atoms with E-state index in [0.717, 1.165) is 50.8 Å². The van der Waals surface area contributed by atoms with E-state index >= 15 is 0 Å². The van der Waals surface area contributed by atoms with Gasteiger partial charge in [0.15, 0.2) is 5.96 Å². The van der Waals surface area contributed by atoms with Crippen LogP contribution in [0.25, 0.3) is 0 Å². The molecular formula is C15H25N5. The smallest absolute Gasteiger partial charge is 0.191 e. The Morgan fingerprint density at radius 1 is 1.25 bits per heavy atom. The molecule has 0 bridgehead atoms. The summed E-state index contributed by atoms with van der Waals surface area (Å²) in [5.74, 6) is 1.66. The summed E-state index contributed by atoms with van der Waals surface area (Å²) in [6.07, 6.45) is 7.73. The molecule has 20 heavy (non-hydrogen) atoms. The molecular weight excluding hydrogens is 250 g/mol. The highest BCUT2D eigenvalue weighted by Gasteiger charge is 2.11. The summed E-state index contributed by atoms with van der Waals surface area (Å²) in [7, 11) is 0. The molecule has 1 aromatic rings. The molecule has 1 fully saturated rings. The molecule has 0 aliphatic carbocycles. The van der Waals surface area contributed by atoms with Crippen LogP contribution >= 0.6 is 0 Å². The van der Waals surface area contributed by atoms with Gasteiger partial charge in [0.2, 0.25) is 0 Å². The highest BCUT2D eigenvalue weighted by atomic mass is 15.2. The zero-order valence-corrected chi connectivity index (χ0v) is 12.1. The maximum Gasteiger partial charge on any atom is 0.191 e. The Morgan fingerprint density at radius 2 is 2.10 bits per heavy atom. The van der Waals surface area contributed by atoms with Crippen LogP contribution in [0.4, 0.5) is 5.82 Å². The maximum atomic E-state index is 6.00. The first-order valence-corrected chi connectivity index (χ1v) is 7.56. The number of rotatable bonds is 6. The average Bonchev–Trinajstić information content (AvgIpc) is 2.52. The summed E-state index contributed by atoms with van der Waals surface area (Å²) in [5.41, 5.74) is 6.00. The van der Waals surface area contributed by atoms with Crippen LogP contribution in [0.1, 0.15) is 32.1 Å². The van der Waals surface area contributed by atoms with Gasteiger partial charge in [-0.05, 0) is 44.2 Å². The van der Waals surface area contributed by atoms with Gasteiger partial charge in [-0.15, -0.1) is 0 Å². The van der Waals surface area contributed by atoms with Crippen molar-refractivity contribution in [3.8, 4) is 0 Å². The third-order valence-corrected chi connectivity index (χ3v) is 3.51. The van der Waals surface area contributed by atoms with Crippen molar-refractivity contribution in [2.24, 2.45) is 10.7 Å². The van der Waals surface area contributed by atoms with E-state index in [2.05, 4.69) is 20.2 Å². The Balaban J connectivity index is 1.56. The van der Waals surface area contributed by atoms with Crippen LogP contribution in [0.2, 0.25) is 0 Å². The molecule has 1 aliphatic heterocycles. The number of hydrogen-bond donors (Lipinski definition) is 2. The number of guanidine groups is 1. The minimum atomic E-state index is 0.724. The molecule has 2 heterocycles. The molecule has 110 valence electrons. The van der Waals surface area contributed by atoms with Crippen molar-refractivity contribution in [2.75, 3.05) is 31.5 Å². The standard InChI is InChI=1S/C15H25N5/c16-15(20-12-6-1-7-13-20)19-11-5-4-10-18-14-8-2-3-9-17-14/h2-3,8-9H,1,4-7,10-13H2,(H2,16,19)(H,17,18). The number of nitrogens with two attached hydrogens (primary N) is 1. The van der Waals surface area contributed by atoms with Crippen LogP contribution in [-0.2, 0) is 0 Å². The fourth-order valence-electron chi connectivity index (χ4n) is 2.34. The molecule has 1 aromatic heterocycles. The number of aromatic nitrogens is 1.